The second-order valence-electron chi connectivity index (χ2n) is 9.04. The van der Waals surface area contributed by atoms with Crippen LogP contribution >= 0.6 is 11.8 Å². The Bertz CT molecular complexity index is 1420. The number of rotatable bonds is 10. The molecule has 1 aliphatic heterocycles. The first-order valence-corrected chi connectivity index (χ1v) is 13.2. The zero-order chi connectivity index (χ0) is 27.9. The van der Waals surface area contributed by atoms with Crippen LogP contribution in [0.25, 0.3) is 6.08 Å². The summed E-state index contributed by atoms with van der Waals surface area (Å²) in [5.41, 5.74) is 4.70. The Morgan fingerprint density at radius 1 is 0.923 bits per heavy atom. The van der Waals surface area contributed by atoms with E-state index in [1.165, 1.54) is 12.0 Å². The molecule has 1 N–H and O–H groups in total. The average molecular weight is 547 g/mol. The Morgan fingerprint density at radius 2 is 1.69 bits per heavy atom. The van der Waals surface area contributed by atoms with E-state index in [2.05, 4.69) is 5.32 Å². The average Bonchev–Trinajstić information content (AvgIpc) is 3.18. The van der Waals surface area contributed by atoms with E-state index in [0.29, 0.717) is 33.4 Å². The van der Waals surface area contributed by atoms with Gasteiger partial charge in [-0.15, -0.1) is 0 Å². The van der Waals surface area contributed by atoms with Crippen molar-refractivity contribution in [3.63, 3.8) is 0 Å². The quantitative estimate of drug-likeness (QED) is 0.324. The molecule has 0 aromatic heterocycles. The molecule has 1 saturated heterocycles. The van der Waals surface area contributed by atoms with E-state index in [1.54, 1.807) is 24.3 Å². The maximum absolute atomic E-state index is 12.9. The number of carbonyl (C=O) groups is 3. The predicted molar refractivity (Wildman–Crippen MR) is 152 cm³/mol. The number of nitrogens with one attached hydrogen (secondary N) is 1. The number of nitrogens with zero attached hydrogens (tertiary/aromatic N) is 1. The van der Waals surface area contributed by atoms with Gasteiger partial charge in [0.25, 0.3) is 17.1 Å². The molecule has 0 radical (unpaired) electrons. The van der Waals surface area contributed by atoms with Gasteiger partial charge < -0.3 is 19.5 Å². The summed E-state index contributed by atoms with van der Waals surface area (Å²) in [6.07, 6.45) is 1.63. The van der Waals surface area contributed by atoms with Crippen LogP contribution in [-0.2, 0) is 9.59 Å². The summed E-state index contributed by atoms with van der Waals surface area (Å²) in [6.45, 7) is 6.12. The Morgan fingerprint density at radius 3 is 2.41 bits per heavy atom. The normalized spacial score (nSPS) is 14.1. The van der Waals surface area contributed by atoms with Crippen molar-refractivity contribution in [2.45, 2.75) is 20.8 Å². The minimum absolute atomic E-state index is 0.149. The molecule has 202 valence electrons. The number of imide groups is 1. The molecule has 1 aliphatic rings. The van der Waals surface area contributed by atoms with Crippen LogP contribution in [0, 0.1) is 20.8 Å². The van der Waals surface area contributed by atoms with Crippen LogP contribution in [0.2, 0.25) is 0 Å². The van der Waals surface area contributed by atoms with Crippen LogP contribution in [0.5, 0.6) is 17.2 Å². The van der Waals surface area contributed by atoms with Gasteiger partial charge in [0.2, 0.25) is 0 Å². The number of benzene rings is 3. The van der Waals surface area contributed by atoms with Crippen LogP contribution in [0.1, 0.15) is 22.3 Å². The fourth-order valence-corrected chi connectivity index (χ4v) is 4.65. The molecule has 3 aromatic rings. The Labute approximate surface area is 231 Å². The summed E-state index contributed by atoms with van der Waals surface area (Å²) in [6, 6.07) is 18.3. The molecule has 4 rings (SSSR count). The molecular weight excluding hydrogens is 516 g/mol. The van der Waals surface area contributed by atoms with Crippen LogP contribution in [0.15, 0.2) is 65.6 Å². The van der Waals surface area contributed by atoms with Gasteiger partial charge in [-0.1, -0.05) is 29.8 Å². The van der Waals surface area contributed by atoms with Gasteiger partial charge >= 0.3 is 0 Å². The largest absolute Gasteiger partial charge is 0.493 e. The summed E-state index contributed by atoms with van der Waals surface area (Å²) in [4.78, 5) is 39.2. The van der Waals surface area contributed by atoms with Crippen molar-refractivity contribution in [2.24, 2.45) is 0 Å². The number of hydrogen-bond donors (Lipinski definition) is 1. The van der Waals surface area contributed by atoms with E-state index in [9.17, 15) is 14.4 Å². The van der Waals surface area contributed by atoms with Gasteiger partial charge in [0.1, 0.15) is 12.4 Å². The molecule has 0 spiro atoms. The van der Waals surface area contributed by atoms with Crippen LogP contribution < -0.4 is 19.5 Å². The summed E-state index contributed by atoms with van der Waals surface area (Å²) in [7, 11) is 1.49. The Hall–Kier alpha value is -4.24. The van der Waals surface area contributed by atoms with E-state index in [0.717, 1.165) is 28.5 Å². The highest BCUT2D eigenvalue weighted by Crippen LogP contribution is 2.34. The van der Waals surface area contributed by atoms with E-state index in [4.69, 9.17) is 14.2 Å². The number of aryl methyl sites for hydroxylation is 3. The lowest BCUT2D eigenvalue weighted by molar-refractivity contribution is -0.123. The SMILES string of the molecule is COc1cc(/C=C2\SC(=O)N(CCOc3ccc(C)cc3)C2=O)ccc1OCC(=O)Nc1ccc(C)c(C)c1. The minimum atomic E-state index is -0.375. The van der Waals surface area contributed by atoms with Crippen molar-refractivity contribution in [1.82, 2.24) is 4.90 Å². The maximum atomic E-state index is 12.9. The number of hydrogen-bond acceptors (Lipinski definition) is 7. The van der Waals surface area contributed by atoms with Crippen LogP contribution in [0.3, 0.4) is 0 Å². The third-order valence-corrected chi connectivity index (χ3v) is 7.02. The van der Waals surface area contributed by atoms with E-state index in [-0.39, 0.29) is 36.8 Å². The van der Waals surface area contributed by atoms with Gasteiger partial charge in [0, 0.05) is 5.69 Å². The molecule has 3 amide bonds. The van der Waals surface area contributed by atoms with Gasteiger partial charge in [-0.25, -0.2) is 0 Å². The molecule has 1 fully saturated rings. The fraction of sp³-hybridized carbons (Fsp3) is 0.233. The molecule has 39 heavy (non-hydrogen) atoms. The highest BCUT2D eigenvalue weighted by atomic mass is 32.2. The molecule has 0 aliphatic carbocycles. The minimum Gasteiger partial charge on any atom is -0.493 e. The highest BCUT2D eigenvalue weighted by Gasteiger charge is 2.34. The lowest BCUT2D eigenvalue weighted by atomic mass is 10.1. The zero-order valence-electron chi connectivity index (χ0n) is 22.3. The smallest absolute Gasteiger partial charge is 0.293 e. The van der Waals surface area contributed by atoms with Gasteiger partial charge in [-0.05, 0) is 91.7 Å². The highest BCUT2D eigenvalue weighted by molar-refractivity contribution is 8.18. The standard InChI is InChI=1S/C30H30N2O6S/c1-19-5-10-24(11-6-19)37-14-13-32-29(34)27(39-30(32)35)17-22-8-12-25(26(16-22)36-4)38-18-28(33)31-23-9-7-20(2)21(3)15-23/h5-12,15-17H,13-14,18H2,1-4H3,(H,31,33)/b27-17-. The van der Waals surface area contributed by atoms with Crippen molar-refractivity contribution in [3.8, 4) is 17.2 Å². The summed E-state index contributed by atoms with van der Waals surface area (Å²) in [5.74, 6) is 0.782. The van der Waals surface area contributed by atoms with Crippen LogP contribution in [0.4, 0.5) is 10.5 Å². The first-order chi connectivity index (χ1) is 18.7. The molecule has 0 saturated carbocycles. The van der Waals surface area contributed by atoms with Gasteiger partial charge in [0.15, 0.2) is 18.1 Å². The molecule has 0 atom stereocenters. The molecule has 0 unspecified atom stereocenters. The van der Waals surface area contributed by atoms with E-state index < -0.39 is 0 Å². The third kappa shape index (κ3) is 7.20. The molecule has 1 heterocycles. The first kappa shape index (κ1) is 27.8. The van der Waals surface area contributed by atoms with Crippen molar-refractivity contribution in [3.05, 3.63) is 87.8 Å². The summed E-state index contributed by atoms with van der Waals surface area (Å²) < 4.78 is 16.8. The number of thioether (sulfide) groups is 1. The lowest BCUT2D eigenvalue weighted by Crippen LogP contribution is -2.32. The lowest BCUT2D eigenvalue weighted by Gasteiger charge is -2.13. The first-order valence-electron chi connectivity index (χ1n) is 12.4. The Balaban J connectivity index is 1.35. The molecule has 0 bridgehead atoms. The van der Waals surface area contributed by atoms with Crippen molar-refractivity contribution >= 4 is 40.6 Å². The molecule has 3 aromatic carbocycles. The molecule has 9 heteroatoms. The van der Waals surface area contributed by atoms with Gasteiger partial charge in [0.05, 0.1) is 18.6 Å². The van der Waals surface area contributed by atoms with E-state index in [1.807, 2.05) is 63.2 Å². The topological polar surface area (TPSA) is 94.2 Å². The number of ether oxygens (including phenoxy) is 3. The molecule has 8 nitrogen and oxygen atoms in total. The predicted octanol–water partition coefficient (Wildman–Crippen LogP) is 5.75. The van der Waals surface area contributed by atoms with Crippen molar-refractivity contribution in [2.75, 3.05) is 32.2 Å². The van der Waals surface area contributed by atoms with Crippen LogP contribution in [-0.4, -0.2) is 48.8 Å². The van der Waals surface area contributed by atoms with Gasteiger partial charge in [-0.3, -0.25) is 19.3 Å². The molecular formula is C30H30N2O6S. The maximum Gasteiger partial charge on any atom is 0.293 e. The van der Waals surface area contributed by atoms with E-state index >= 15 is 0 Å². The summed E-state index contributed by atoms with van der Waals surface area (Å²) in [5, 5.41) is 2.47. The second kappa shape index (κ2) is 12.5. The summed E-state index contributed by atoms with van der Waals surface area (Å²) >= 11 is 0.877. The van der Waals surface area contributed by atoms with Crippen molar-refractivity contribution < 1.29 is 28.6 Å². The van der Waals surface area contributed by atoms with Crippen molar-refractivity contribution in [1.29, 1.82) is 0 Å². The zero-order valence-corrected chi connectivity index (χ0v) is 23.1. The number of anilines is 1. The second-order valence-corrected chi connectivity index (χ2v) is 10.0. The number of carbonyl (C=O) groups excluding carboxylic acids is 3. The monoisotopic (exact) mass is 546 g/mol. The third-order valence-electron chi connectivity index (χ3n) is 6.11. The number of amides is 3. The van der Waals surface area contributed by atoms with Gasteiger partial charge in [-0.2, -0.15) is 0 Å². The number of methoxy groups -OCH3 is 1. The Kier molecular flexibility index (Phi) is 8.93. The fourth-order valence-electron chi connectivity index (χ4n) is 3.79.